The minimum atomic E-state index is -1.13. The first-order valence-electron chi connectivity index (χ1n) is 6.25. The second kappa shape index (κ2) is 5.38. The van der Waals surface area contributed by atoms with Crippen molar-refractivity contribution in [2.75, 3.05) is 0 Å². The smallest absolute Gasteiger partial charge is 0.335 e. The molecular formula is C14H17FO3. The number of halogens is 1. The van der Waals surface area contributed by atoms with Gasteiger partial charge in [-0.05, 0) is 49.8 Å². The molecule has 1 aliphatic carbocycles. The van der Waals surface area contributed by atoms with Crippen molar-refractivity contribution in [3.63, 3.8) is 0 Å². The molecule has 1 aliphatic rings. The highest BCUT2D eigenvalue weighted by Gasteiger charge is 2.21. The number of benzene rings is 1. The zero-order chi connectivity index (χ0) is 13.1. The minimum Gasteiger partial charge on any atom is -0.487 e. The second-order valence-corrected chi connectivity index (χ2v) is 4.95. The average Bonchev–Trinajstić information content (AvgIpc) is 2.34. The maximum Gasteiger partial charge on any atom is 0.335 e. The van der Waals surface area contributed by atoms with Crippen LogP contribution in [0.1, 0.15) is 43.0 Å². The summed E-state index contributed by atoms with van der Waals surface area (Å²) < 4.78 is 19.3. The molecule has 98 valence electrons. The molecule has 0 saturated heterocycles. The molecule has 1 N–H and O–H groups in total. The summed E-state index contributed by atoms with van der Waals surface area (Å²) >= 11 is 0. The average molecular weight is 252 g/mol. The zero-order valence-electron chi connectivity index (χ0n) is 10.4. The van der Waals surface area contributed by atoms with Crippen LogP contribution in [0.4, 0.5) is 4.39 Å². The number of carbonyl (C=O) groups is 1. The van der Waals surface area contributed by atoms with E-state index in [0.29, 0.717) is 5.92 Å². The Hall–Kier alpha value is -1.58. The molecule has 0 radical (unpaired) electrons. The third-order valence-electron chi connectivity index (χ3n) is 3.44. The van der Waals surface area contributed by atoms with Gasteiger partial charge in [0.05, 0.1) is 11.7 Å². The third kappa shape index (κ3) is 3.00. The van der Waals surface area contributed by atoms with Crippen molar-refractivity contribution in [3.05, 3.63) is 29.6 Å². The topological polar surface area (TPSA) is 46.5 Å². The van der Waals surface area contributed by atoms with Crippen LogP contribution in [0.3, 0.4) is 0 Å². The number of rotatable bonds is 3. The normalized spacial score (nSPS) is 23.7. The van der Waals surface area contributed by atoms with Crippen LogP contribution in [-0.4, -0.2) is 17.2 Å². The van der Waals surface area contributed by atoms with Gasteiger partial charge in [-0.25, -0.2) is 9.18 Å². The van der Waals surface area contributed by atoms with Crippen LogP contribution in [0, 0.1) is 11.7 Å². The molecule has 18 heavy (non-hydrogen) atoms. The van der Waals surface area contributed by atoms with E-state index in [0.717, 1.165) is 31.7 Å². The molecule has 0 aromatic heterocycles. The zero-order valence-corrected chi connectivity index (χ0v) is 10.4. The summed E-state index contributed by atoms with van der Waals surface area (Å²) in [7, 11) is 0. The van der Waals surface area contributed by atoms with E-state index in [1.54, 1.807) is 0 Å². The highest BCUT2D eigenvalue weighted by atomic mass is 19.1. The molecule has 4 heteroatoms. The van der Waals surface area contributed by atoms with E-state index >= 15 is 0 Å². The lowest BCUT2D eigenvalue weighted by Gasteiger charge is -2.27. The summed E-state index contributed by atoms with van der Waals surface area (Å²) in [6.45, 7) is 2.21. The molecule has 0 heterocycles. The van der Waals surface area contributed by atoms with Gasteiger partial charge in [-0.1, -0.05) is 6.92 Å². The van der Waals surface area contributed by atoms with Gasteiger partial charge >= 0.3 is 5.97 Å². The van der Waals surface area contributed by atoms with Crippen molar-refractivity contribution < 1.29 is 19.0 Å². The minimum absolute atomic E-state index is 0.0476. The molecule has 1 aromatic carbocycles. The first-order valence-corrected chi connectivity index (χ1v) is 6.25. The Morgan fingerprint density at radius 3 is 2.56 bits per heavy atom. The van der Waals surface area contributed by atoms with Gasteiger partial charge in [-0.15, -0.1) is 0 Å². The fourth-order valence-corrected chi connectivity index (χ4v) is 2.26. The molecule has 1 aromatic rings. The highest BCUT2D eigenvalue weighted by Crippen LogP contribution is 2.28. The van der Waals surface area contributed by atoms with Crippen molar-refractivity contribution in [2.24, 2.45) is 5.92 Å². The summed E-state index contributed by atoms with van der Waals surface area (Å²) in [6, 6.07) is 3.77. The Balaban J connectivity index is 2.03. The van der Waals surface area contributed by atoms with Gasteiger partial charge in [0.1, 0.15) is 0 Å². The van der Waals surface area contributed by atoms with E-state index in [4.69, 9.17) is 9.84 Å². The van der Waals surface area contributed by atoms with Gasteiger partial charge < -0.3 is 9.84 Å². The number of carboxylic acid groups (broad SMARTS) is 1. The van der Waals surface area contributed by atoms with Crippen molar-refractivity contribution in [1.29, 1.82) is 0 Å². The van der Waals surface area contributed by atoms with Gasteiger partial charge in [0.25, 0.3) is 0 Å². The summed E-state index contributed by atoms with van der Waals surface area (Å²) in [5.41, 5.74) is -0.0582. The lowest BCUT2D eigenvalue weighted by Crippen LogP contribution is -2.23. The van der Waals surface area contributed by atoms with Crippen molar-refractivity contribution in [3.8, 4) is 5.75 Å². The predicted octanol–water partition coefficient (Wildman–Crippen LogP) is 3.48. The first kappa shape index (κ1) is 12.9. The Labute approximate surface area is 106 Å². The number of aromatic carboxylic acids is 1. The van der Waals surface area contributed by atoms with Crippen molar-refractivity contribution in [1.82, 2.24) is 0 Å². The predicted molar refractivity (Wildman–Crippen MR) is 65.4 cm³/mol. The monoisotopic (exact) mass is 252 g/mol. The van der Waals surface area contributed by atoms with Crippen LogP contribution in [0.15, 0.2) is 18.2 Å². The van der Waals surface area contributed by atoms with Gasteiger partial charge in [0, 0.05) is 0 Å². The molecule has 0 aliphatic heterocycles. The fraction of sp³-hybridized carbons (Fsp3) is 0.500. The summed E-state index contributed by atoms with van der Waals surface area (Å²) in [5.74, 6) is -0.871. The van der Waals surface area contributed by atoms with E-state index in [9.17, 15) is 9.18 Å². The van der Waals surface area contributed by atoms with Crippen LogP contribution in [0.2, 0.25) is 0 Å². The van der Waals surface area contributed by atoms with Gasteiger partial charge in [-0.2, -0.15) is 0 Å². The molecule has 0 unspecified atom stereocenters. The summed E-state index contributed by atoms with van der Waals surface area (Å²) in [6.07, 6.45) is 4.10. The number of hydrogen-bond acceptors (Lipinski definition) is 2. The summed E-state index contributed by atoms with van der Waals surface area (Å²) in [5, 5.41) is 8.74. The van der Waals surface area contributed by atoms with Crippen molar-refractivity contribution in [2.45, 2.75) is 38.7 Å². The molecule has 0 atom stereocenters. The SMILES string of the molecule is CC1CCC(Oc2ccc(C(=O)O)cc2F)CC1. The molecular weight excluding hydrogens is 235 g/mol. The van der Waals surface area contributed by atoms with E-state index in [2.05, 4.69) is 6.92 Å². The lowest BCUT2D eigenvalue weighted by molar-refractivity contribution is 0.0696. The van der Waals surface area contributed by atoms with Crippen LogP contribution in [0.5, 0.6) is 5.75 Å². The van der Waals surface area contributed by atoms with Crippen LogP contribution in [-0.2, 0) is 0 Å². The maximum atomic E-state index is 13.7. The molecule has 2 rings (SSSR count). The fourth-order valence-electron chi connectivity index (χ4n) is 2.26. The molecule has 1 saturated carbocycles. The van der Waals surface area contributed by atoms with Gasteiger partial charge in [0.2, 0.25) is 0 Å². The van der Waals surface area contributed by atoms with Crippen LogP contribution in [0.25, 0.3) is 0 Å². The Morgan fingerprint density at radius 2 is 2.00 bits per heavy atom. The number of ether oxygens (including phenoxy) is 1. The van der Waals surface area contributed by atoms with Crippen molar-refractivity contribution >= 4 is 5.97 Å². The molecule has 3 nitrogen and oxygen atoms in total. The number of hydrogen-bond donors (Lipinski definition) is 1. The van der Waals surface area contributed by atoms with E-state index in [-0.39, 0.29) is 17.4 Å². The van der Waals surface area contributed by atoms with Crippen LogP contribution >= 0.6 is 0 Å². The van der Waals surface area contributed by atoms with E-state index in [1.165, 1.54) is 12.1 Å². The quantitative estimate of drug-likeness (QED) is 0.895. The highest BCUT2D eigenvalue weighted by molar-refractivity contribution is 5.87. The first-order chi connectivity index (χ1) is 8.56. The molecule has 1 fully saturated rings. The number of carboxylic acids is 1. The molecule has 0 amide bonds. The Bertz CT molecular complexity index is 437. The van der Waals surface area contributed by atoms with Gasteiger partial charge in [-0.3, -0.25) is 0 Å². The van der Waals surface area contributed by atoms with Gasteiger partial charge in [0.15, 0.2) is 11.6 Å². The summed E-state index contributed by atoms with van der Waals surface area (Å²) in [4.78, 5) is 10.7. The molecule has 0 spiro atoms. The standard InChI is InChI=1S/C14H17FO3/c1-9-2-5-11(6-3-9)18-13-7-4-10(14(16)17)8-12(13)15/h4,7-9,11H,2-3,5-6H2,1H3,(H,16,17). The third-order valence-corrected chi connectivity index (χ3v) is 3.44. The second-order valence-electron chi connectivity index (χ2n) is 4.95. The van der Waals surface area contributed by atoms with E-state index < -0.39 is 11.8 Å². The molecule has 0 bridgehead atoms. The van der Waals surface area contributed by atoms with E-state index in [1.807, 2.05) is 0 Å². The largest absolute Gasteiger partial charge is 0.487 e. The Morgan fingerprint density at radius 1 is 1.33 bits per heavy atom. The lowest BCUT2D eigenvalue weighted by atomic mass is 9.89. The maximum absolute atomic E-state index is 13.7. The Kier molecular flexibility index (Phi) is 3.84. The van der Waals surface area contributed by atoms with Crippen LogP contribution < -0.4 is 4.74 Å².